The quantitative estimate of drug-likeness (QED) is 0.746. The van der Waals surface area contributed by atoms with Gasteiger partial charge in [0.2, 0.25) is 11.8 Å². The van der Waals surface area contributed by atoms with Gasteiger partial charge in [-0.05, 0) is 24.8 Å². The van der Waals surface area contributed by atoms with Crippen molar-refractivity contribution in [3.05, 3.63) is 58.4 Å². The van der Waals surface area contributed by atoms with E-state index in [2.05, 4.69) is 0 Å². The number of hydrogen-bond acceptors (Lipinski definition) is 5. The van der Waals surface area contributed by atoms with Crippen LogP contribution in [0.1, 0.15) is 29.6 Å². The largest absolute Gasteiger partial charge is 0.472 e. The number of carbonyl (C=O) groups excluding carboxylic acids is 2. The molecular weight excluding hydrogens is 390 g/mol. The first-order valence-electron chi connectivity index (χ1n) is 9.73. The Balaban J connectivity index is 1.68. The van der Waals surface area contributed by atoms with Crippen LogP contribution in [0.4, 0.5) is 0 Å². The van der Waals surface area contributed by atoms with Crippen LogP contribution in [0, 0.1) is 5.92 Å². The van der Waals surface area contributed by atoms with Crippen molar-refractivity contribution in [2.24, 2.45) is 5.92 Å². The molecule has 4 rings (SSSR count). The Hall–Kier alpha value is -2.48. The Morgan fingerprint density at radius 1 is 1.28 bits per heavy atom. The number of carbonyl (C=O) groups is 2. The Morgan fingerprint density at radius 3 is 2.83 bits per heavy atom. The first-order chi connectivity index (χ1) is 14.0. The zero-order chi connectivity index (χ0) is 20.5. The standard InChI is InChI=1S/C21H25N3O4S/c1-22(9-14-6-7-28-12-14)21(27)20-16-8-15(10-23(11-16)19(26)13-29-2)17-4-3-5-18(25)24(17)20/h3-7,12,15-16,20H,8-11,13H2,1-2H3/t15-,16+,20+/m0/s1. The number of likely N-dealkylation sites (N-methyl/N-ethyl adjacent to an activating group) is 1. The van der Waals surface area contributed by atoms with Gasteiger partial charge in [-0.3, -0.25) is 19.0 Å². The minimum Gasteiger partial charge on any atom is -0.472 e. The summed E-state index contributed by atoms with van der Waals surface area (Å²) in [6, 6.07) is 6.40. The minimum atomic E-state index is -0.600. The van der Waals surface area contributed by atoms with Gasteiger partial charge in [-0.15, -0.1) is 0 Å². The Morgan fingerprint density at radius 2 is 2.10 bits per heavy atom. The molecule has 0 radical (unpaired) electrons. The third kappa shape index (κ3) is 3.73. The molecule has 0 aliphatic carbocycles. The zero-order valence-corrected chi connectivity index (χ0v) is 17.4. The molecule has 4 heterocycles. The van der Waals surface area contributed by atoms with E-state index in [0.717, 1.165) is 17.7 Å². The predicted molar refractivity (Wildman–Crippen MR) is 111 cm³/mol. The van der Waals surface area contributed by atoms with E-state index in [9.17, 15) is 14.4 Å². The molecule has 1 fully saturated rings. The SMILES string of the molecule is CSCC(=O)N1C[C@@H]2C[C@H](C1)[C@H](C(=O)N(C)Cc1ccoc1)n1c2cccc1=O. The number of furan rings is 1. The van der Waals surface area contributed by atoms with Gasteiger partial charge in [0.15, 0.2) is 0 Å². The molecule has 0 N–H and O–H groups in total. The van der Waals surface area contributed by atoms with Crippen LogP contribution in [0.5, 0.6) is 0 Å². The second-order valence-corrected chi connectivity index (χ2v) is 8.72. The summed E-state index contributed by atoms with van der Waals surface area (Å²) < 4.78 is 6.78. The molecule has 0 spiro atoms. The van der Waals surface area contributed by atoms with E-state index in [-0.39, 0.29) is 29.2 Å². The maximum atomic E-state index is 13.5. The molecule has 29 heavy (non-hydrogen) atoms. The van der Waals surface area contributed by atoms with Gasteiger partial charge < -0.3 is 14.2 Å². The van der Waals surface area contributed by atoms with Crippen molar-refractivity contribution in [2.75, 3.05) is 32.1 Å². The van der Waals surface area contributed by atoms with Crippen molar-refractivity contribution in [2.45, 2.75) is 24.9 Å². The lowest BCUT2D eigenvalue weighted by molar-refractivity contribution is -0.140. The van der Waals surface area contributed by atoms with Crippen LogP contribution in [-0.4, -0.2) is 58.3 Å². The number of piperidine rings is 1. The summed E-state index contributed by atoms with van der Waals surface area (Å²) >= 11 is 1.50. The van der Waals surface area contributed by atoms with E-state index in [1.54, 1.807) is 35.1 Å². The van der Waals surface area contributed by atoms with Gasteiger partial charge in [-0.1, -0.05) is 6.07 Å². The van der Waals surface area contributed by atoms with Crippen LogP contribution >= 0.6 is 11.8 Å². The molecular formula is C21H25N3O4S. The van der Waals surface area contributed by atoms with Gasteiger partial charge >= 0.3 is 0 Å². The molecule has 2 amide bonds. The van der Waals surface area contributed by atoms with Crippen LogP contribution in [0.2, 0.25) is 0 Å². The van der Waals surface area contributed by atoms with Crippen LogP contribution in [0.3, 0.4) is 0 Å². The average Bonchev–Trinajstić information content (AvgIpc) is 3.21. The normalized spacial score (nSPS) is 22.8. The molecule has 2 bridgehead atoms. The summed E-state index contributed by atoms with van der Waals surface area (Å²) in [5.74, 6) is 0.420. The van der Waals surface area contributed by atoms with Crippen molar-refractivity contribution in [1.29, 1.82) is 0 Å². The second kappa shape index (κ2) is 8.10. The highest BCUT2D eigenvalue weighted by molar-refractivity contribution is 7.99. The highest BCUT2D eigenvalue weighted by Gasteiger charge is 2.45. The number of likely N-dealkylation sites (tertiary alicyclic amines) is 1. The third-order valence-electron chi connectivity index (χ3n) is 5.90. The fourth-order valence-electron chi connectivity index (χ4n) is 4.63. The smallest absolute Gasteiger partial charge is 0.251 e. The molecule has 2 aliphatic rings. The maximum absolute atomic E-state index is 13.5. The Kier molecular flexibility index (Phi) is 5.54. The molecule has 0 unspecified atom stereocenters. The van der Waals surface area contributed by atoms with Gasteiger partial charge in [-0.25, -0.2) is 0 Å². The molecule has 7 nitrogen and oxygen atoms in total. The van der Waals surface area contributed by atoms with E-state index in [1.165, 1.54) is 17.8 Å². The molecule has 3 atom stereocenters. The molecule has 2 aliphatic heterocycles. The monoisotopic (exact) mass is 415 g/mol. The van der Waals surface area contributed by atoms with Crippen LogP contribution in [-0.2, 0) is 16.1 Å². The summed E-state index contributed by atoms with van der Waals surface area (Å²) in [5, 5.41) is 0. The first-order valence-corrected chi connectivity index (χ1v) is 11.1. The van der Waals surface area contributed by atoms with Crippen molar-refractivity contribution < 1.29 is 14.0 Å². The highest BCUT2D eigenvalue weighted by Crippen LogP contribution is 2.42. The van der Waals surface area contributed by atoms with Crippen LogP contribution in [0.25, 0.3) is 0 Å². The number of pyridine rings is 1. The van der Waals surface area contributed by atoms with Crippen molar-refractivity contribution in [3.63, 3.8) is 0 Å². The van der Waals surface area contributed by atoms with Crippen LogP contribution < -0.4 is 5.56 Å². The lowest BCUT2D eigenvalue weighted by atomic mass is 9.78. The Bertz CT molecular complexity index is 955. The predicted octanol–water partition coefficient (Wildman–Crippen LogP) is 1.95. The van der Waals surface area contributed by atoms with E-state index in [0.29, 0.717) is 25.4 Å². The lowest BCUT2D eigenvalue weighted by Gasteiger charge is -2.47. The molecule has 2 aromatic rings. The van der Waals surface area contributed by atoms with Gasteiger partial charge in [-0.2, -0.15) is 11.8 Å². The van der Waals surface area contributed by atoms with E-state index < -0.39 is 6.04 Å². The summed E-state index contributed by atoms with van der Waals surface area (Å²) in [7, 11) is 1.74. The van der Waals surface area contributed by atoms with Gasteiger partial charge in [0.1, 0.15) is 6.04 Å². The zero-order valence-electron chi connectivity index (χ0n) is 16.6. The fraction of sp³-hybridized carbons (Fsp3) is 0.476. The van der Waals surface area contributed by atoms with Gasteiger partial charge in [0, 0.05) is 55.8 Å². The van der Waals surface area contributed by atoms with Crippen LogP contribution in [0.15, 0.2) is 46.0 Å². The van der Waals surface area contributed by atoms with E-state index >= 15 is 0 Å². The van der Waals surface area contributed by atoms with Gasteiger partial charge in [0.25, 0.3) is 5.56 Å². The lowest BCUT2D eigenvalue weighted by Crippen LogP contribution is -2.54. The molecule has 2 aromatic heterocycles. The number of rotatable bonds is 5. The summed E-state index contributed by atoms with van der Waals surface area (Å²) in [4.78, 5) is 42.3. The maximum Gasteiger partial charge on any atom is 0.251 e. The average molecular weight is 416 g/mol. The third-order valence-corrected chi connectivity index (χ3v) is 6.43. The van der Waals surface area contributed by atoms with E-state index in [1.807, 2.05) is 23.3 Å². The van der Waals surface area contributed by atoms with Crippen molar-refractivity contribution >= 4 is 23.6 Å². The molecule has 154 valence electrons. The molecule has 8 heteroatoms. The van der Waals surface area contributed by atoms with Crippen molar-refractivity contribution in [3.8, 4) is 0 Å². The number of hydrogen-bond donors (Lipinski definition) is 0. The second-order valence-electron chi connectivity index (χ2n) is 7.85. The van der Waals surface area contributed by atoms with Gasteiger partial charge in [0.05, 0.1) is 18.3 Å². The van der Waals surface area contributed by atoms with E-state index in [4.69, 9.17) is 4.42 Å². The number of nitrogens with zero attached hydrogens (tertiary/aromatic N) is 3. The number of thioether (sulfide) groups is 1. The molecule has 0 saturated carbocycles. The minimum absolute atomic E-state index is 0.0774. The fourth-order valence-corrected chi connectivity index (χ4v) is 5.06. The molecule has 1 saturated heterocycles. The number of aromatic nitrogens is 1. The first kappa shape index (κ1) is 19.8. The summed E-state index contributed by atoms with van der Waals surface area (Å²) in [5.41, 5.74) is 1.59. The number of fused-ring (bicyclic) bond motifs is 4. The van der Waals surface area contributed by atoms with Crippen molar-refractivity contribution in [1.82, 2.24) is 14.4 Å². The summed E-state index contributed by atoms with van der Waals surface area (Å²) in [6.07, 6.45) is 5.91. The topological polar surface area (TPSA) is 75.8 Å². The number of amides is 2. The summed E-state index contributed by atoms with van der Waals surface area (Å²) in [6.45, 7) is 1.52. The highest BCUT2D eigenvalue weighted by atomic mass is 32.2. The molecule has 0 aromatic carbocycles. The Labute approximate surface area is 173 Å².